The standard InChI is InChI=1S/C14H20N6O5/c1-3-15-13(23)19-10-8-11(17-5-16-10)20(6-18-8)12-14(2,24)9(22)7(4-21)25-12/h5-7,9,12,21-22,24H,3-4H2,1-2H3,(H2,15,16,17,19,23)/t7-,9-,12?,14-/m1/s1. The summed E-state index contributed by atoms with van der Waals surface area (Å²) in [6.07, 6.45) is -0.627. The predicted octanol–water partition coefficient (Wildman–Crippen LogP) is -1.03. The molecule has 0 aliphatic carbocycles. The van der Waals surface area contributed by atoms with Gasteiger partial charge in [0, 0.05) is 6.54 Å². The summed E-state index contributed by atoms with van der Waals surface area (Å²) < 4.78 is 6.99. The van der Waals surface area contributed by atoms with Crippen molar-refractivity contribution in [3.05, 3.63) is 12.7 Å². The van der Waals surface area contributed by atoms with E-state index in [1.807, 2.05) is 0 Å². The van der Waals surface area contributed by atoms with E-state index in [0.29, 0.717) is 17.7 Å². The number of rotatable bonds is 4. The Hall–Kier alpha value is -2.34. The number of hydrogen-bond donors (Lipinski definition) is 5. The van der Waals surface area contributed by atoms with Gasteiger partial charge in [0.1, 0.15) is 24.1 Å². The average Bonchev–Trinajstić information content (AvgIpc) is 3.08. The molecular formula is C14H20N6O5. The van der Waals surface area contributed by atoms with Crippen LogP contribution < -0.4 is 10.6 Å². The van der Waals surface area contributed by atoms with Gasteiger partial charge >= 0.3 is 6.03 Å². The van der Waals surface area contributed by atoms with Gasteiger partial charge in [-0.3, -0.25) is 9.88 Å². The molecule has 0 bridgehead atoms. The summed E-state index contributed by atoms with van der Waals surface area (Å²) >= 11 is 0. The van der Waals surface area contributed by atoms with Gasteiger partial charge in [0.25, 0.3) is 0 Å². The highest BCUT2D eigenvalue weighted by Crippen LogP contribution is 2.39. The van der Waals surface area contributed by atoms with Gasteiger partial charge in [-0.1, -0.05) is 0 Å². The second-order valence-corrected chi connectivity index (χ2v) is 5.91. The van der Waals surface area contributed by atoms with Crippen LogP contribution in [0, 0.1) is 0 Å². The highest BCUT2D eigenvalue weighted by molar-refractivity contribution is 5.95. The molecule has 1 unspecified atom stereocenters. The van der Waals surface area contributed by atoms with Crippen molar-refractivity contribution in [1.29, 1.82) is 0 Å². The van der Waals surface area contributed by atoms with E-state index >= 15 is 0 Å². The molecule has 3 rings (SSSR count). The summed E-state index contributed by atoms with van der Waals surface area (Å²) in [6, 6.07) is -0.433. The van der Waals surface area contributed by atoms with E-state index in [9.17, 15) is 20.1 Å². The number of aromatic nitrogens is 4. The molecule has 1 aliphatic heterocycles. The Morgan fingerprint density at radius 3 is 2.84 bits per heavy atom. The van der Waals surface area contributed by atoms with Gasteiger partial charge in [-0.15, -0.1) is 0 Å². The van der Waals surface area contributed by atoms with E-state index in [1.54, 1.807) is 6.92 Å². The normalized spacial score (nSPS) is 29.1. The fourth-order valence-electron chi connectivity index (χ4n) is 2.82. The predicted molar refractivity (Wildman–Crippen MR) is 85.6 cm³/mol. The molecule has 25 heavy (non-hydrogen) atoms. The number of carbonyl (C=O) groups excluding carboxylic acids is 1. The number of carbonyl (C=O) groups is 1. The molecule has 0 spiro atoms. The Labute approximate surface area is 142 Å². The van der Waals surface area contributed by atoms with Crippen molar-refractivity contribution < 1.29 is 24.9 Å². The van der Waals surface area contributed by atoms with Crippen LogP contribution in [0.3, 0.4) is 0 Å². The molecule has 11 nitrogen and oxygen atoms in total. The second-order valence-electron chi connectivity index (χ2n) is 5.91. The van der Waals surface area contributed by atoms with Gasteiger partial charge in [-0.05, 0) is 13.8 Å². The number of nitrogens with one attached hydrogen (secondary N) is 2. The first-order valence-corrected chi connectivity index (χ1v) is 7.79. The number of hydrogen-bond acceptors (Lipinski definition) is 8. The molecule has 1 saturated heterocycles. The molecule has 1 fully saturated rings. The van der Waals surface area contributed by atoms with E-state index in [2.05, 4.69) is 25.6 Å². The molecule has 5 N–H and O–H groups in total. The maximum absolute atomic E-state index is 11.7. The lowest BCUT2D eigenvalue weighted by Gasteiger charge is -2.27. The van der Waals surface area contributed by atoms with Crippen LogP contribution in [0.5, 0.6) is 0 Å². The van der Waals surface area contributed by atoms with Crippen molar-refractivity contribution in [2.45, 2.75) is 37.9 Å². The zero-order chi connectivity index (χ0) is 18.2. The molecular weight excluding hydrogens is 332 g/mol. The van der Waals surface area contributed by atoms with E-state index in [0.717, 1.165) is 0 Å². The van der Waals surface area contributed by atoms with Gasteiger partial charge in [0.2, 0.25) is 0 Å². The van der Waals surface area contributed by atoms with Crippen molar-refractivity contribution in [2.24, 2.45) is 0 Å². The molecule has 136 valence electrons. The van der Waals surface area contributed by atoms with Crippen LogP contribution in [0.1, 0.15) is 20.1 Å². The topological polar surface area (TPSA) is 155 Å². The number of aliphatic hydroxyl groups is 3. The number of urea groups is 1. The van der Waals surface area contributed by atoms with Crippen molar-refractivity contribution in [3.8, 4) is 0 Å². The number of imidazole rings is 1. The van der Waals surface area contributed by atoms with E-state index in [-0.39, 0.29) is 5.82 Å². The Morgan fingerprint density at radius 1 is 1.44 bits per heavy atom. The lowest BCUT2D eigenvalue weighted by atomic mass is 9.96. The first-order valence-electron chi connectivity index (χ1n) is 7.79. The minimum Gasteiger partial charge on any atom is -0.394 e. The zero-order valence-corrected chi connectivity index (χ0v) is 13.7. The van der Waals surface area contributed by atoms with Gasteiger partial charge < -0.3 is 25.4 Å². The van der Waals surface area contributed by atoms with Gasteiger partial charge in [-0.2, -0.15) is 0 Å². The van der Waals surface area contributed by atoms with Crippen LogP contribution in [0.15, 0.2) is 12.7 Å². The minimum absolute atomic E-state index is 0.201. The first-order chi connectivity index (χ1) is 11.9. The van der Waals surface area contributed by atoms with Crippen LogP contribution in [0.25, 0.3) is 11.2 Å². The number of fused-ring (bicyclic) bond motifs is 1. The third kappa shape index (κ3) is 2.91. The van der Waals surface area contributed by atoms with Gasteiger partial charge in [-0.25, -0.2) is 19.7 Å². The highest BCUT2D eigenvalue weighted by Gasteiger charge is 2.53. The summed E-state index contributed by atoms with van der Waals surface area (Å²) in [4.78, 5) is 24.0. The molecule has 2 aromatic heterocycles. The number of anilines is 1. The largest absolute Gasteiger partial charge is 0.394 e. The minimum atomic E-state index is -1.67. The summed E-state index contributed by atoms with van der Waals surface area (Å²) in [7, 11) is 0. The quantitative estimate of drug-likeness (QED) is 0.468. The lowest BCUT2D eigenvalue weighted by molar-refractivity contribution is -0.0950. The number of ether oxygens (including phenoxy) is 1. The molecule has 0 radical (unpaired) electrons. The van der Waals surface area contributed by atoms with Crippen LogP contribution in [-0.2, 0) is 4.74 Å². The Kier molecular flexibility index (Phi) is 4.56. The average molecular weight is 352 g/mol. The maximum atomic E-state index is 11.7. The summed E-state index contributed by atoms with van der Waals surface area (Å²) in [5.41, 5.74) is -1.06. The van der Waals surface area contributed by atoms with Gasteiger partial charge in [0.15, 0.2) is 23.2 Å². The first kappa shape index (κ1) is 17.5. The van der Waals surface area contributed by atoms with Crippen molar-refractivity contribution >= 4 is 23.0 Å². The highest BCUT2D eigenvalue weighted by atomic mass is 16.6. The van der Waals surface area contributed by atoms with Crippen LogP contribution >= 0.6 is 0 Å². The molecule has 1 aliphatic rings. The van der Waals surface area contributed by atoms with Crippen LogP contribution in [0.2, 0.25) is 0 Å². The van der Waals surface area contributed by atoms with Gasteiger partial charge in [0.05, 0.1) is 12.9 Å². The smallest absolute Gasteiger partial charge is 0.320 e. The SMILES string of the molecule is CCNC(=O)Nc1ncnc2c1ncn2C1O[C@H](CO)[C@@H](O)[C@@]1(C)O. The monoisotopic (exact) mass is 352 g/mol. The summed E-state index contributed by atoms with van der Waals surface area (Å²) in [5, 5.41) is 35.1. The molecule has 4 atom stereocenters. The number of nitrogens with zero attached hydrogens (tertiary/aromatic N) is 4. The molecule has 0 aromatic carbocycles. The number of amides is 2. The van der Waals surface area contributed by atoms with E-state index in [4.69, 9.17) is 4.74 Å². The molecule has 2 amide bonds. The van der Waals surface area contributed by atoms with Crippen LogP contribution in [0.4, 0.5) is 10.6 Å². The van der Waals surface area contributed by atoms with E-state index < -0.39 is 36.7 Å². The Balaban J connectivity index is 1.98. The lowest BCUT2D eigenvalue weighted by Crippen LogP contribution is -2.44. The van der Waals surface area contributed by atoms with Crippen LogP contribution in [-0.4, -0.2) is 71.8 Å². The Morgan fingerprint density at radius 2 is 2.20 bits per heavy atom. The fraction of sp³-hybridized carbons (Fsp3) is 0.571. The number of aliphatic hydroxyl groups excluding tert-OH is 2. The van der Waals surface area contributed by atoms with E-state index in [1.165, 1.54) is 24.1 Å². The van der Waals surface area contributed by atoms with Crippen molar-refractivity contribution in [2.75, 3.05) is 18.5 Å². The molecule has 3 heterocycles. The molecule has 11 heteroatoms. The maximum Gasteiger partial charge on any atom is 0.320 e. The third-order valence-electron chi connectivity index (χ3n) is 4.12. The Bertz CT molecular complexity index is 778. The summed E-state index contributed by atoms with van der Waals surface area (Å²) in [6.45, 7) is 3.19. The van der Waals surface area contributed by atoms with Crippen molar-refractivity contribution in [1.82, 2.24) is 24.8 Å². The fourth-order valence-corrected chi connectivity index (χ4v) is 2.82. The second kappa shape index (κ2) is 6.52. The summed E-state index contributed by atoms with van der Waals surface area (Å²) in [5.74, 6) is 0.201. The third-order valence-corrected chi connectivity index (χ3v) is 4.12. The molecule has 0 saturated carbocycles. The molecule has 2 aromatic rings. The van der Waals surface area contributed by atoms with Crippen molar-refractivity contribution in [3.63, 3.8) is 0 Å². The zero-order valence-electron chi connectivity index (χ0n) is 13.7.